The van der Waals surface area contributed by atoms with Gasteiger partial charge in [-0.3, -0.25) is 4.79 Å². The Morgan fingerprint density at radius 3 is 2.76 bits per heavy atom. The highest BCUT2D eigenvalue weighted by molar-refractivity contribution is 7.10. The molecule has 0 bridgehead atoms. The van der Waals surface area contributed by atoms with Crippen molar-refractivity contribution in [2.75, 3.05) is 0 Å². The van der Waals surface area contributed by atoms with Crippen LogP contribution < -0.4 is 0 Å². The van der Waals surface area contributed by atoms with Crippen molar-refractivity contribution in [3.05, 3.63) is 57.2 Å². The molecule has 0 fully saturated rings. The summed E-state index contributed by atoms with van der Waals surface area (Å²) in [5, 5.41) is 11.5. The molecule has 0 radical (unpaired) electrons. The van der Waals surface area contributed by atoms with Gasteiger partial charge in [0.2, 0.25) is 0 Å². The molecule has 1 heterocycles. The Labute approximate surface area is 108 Å². The number of carbonyl (C=O) groups is 1. The van der Waals surface area contributed by atoms with Crippen LogP contribution in [0.1, 0.15) is 21.2 Å². The van der Waals surface area contributed by atoms with Gasteiger partial charge in [-0.1, -0.05) is 29.8 Å². The molecule has 0 saturated carbocycles. The number of rotatable bonds is 3. The molecule has 0 amide bonds. The van der Waals surface area contributed by atoms with E-state index < -0.39 is 5.92 Å². The largest absolute Gasteiger partial charge is 0.292 e. The fraction of sp³-hybridized carbons (Fsp3) is 0.0769. The lowest BCUT2D eigenvalue weighted by Crippen LogP contribution is -2.09. The van der Waals surface area contributed by atoms with Crippen LogP contribution in [0.2, 0.25) is 5.02 Å². The van der Waals surface area contributed by atoms with Crippen molar-refractivity contribution >= 4 is 28.7 Å². The number of nitriles is 1. The molecular weight excluding hydrogens is 254 g/mol. The smallest absolute Gasteiger partial charge is 0.185 e. The van der Waals surface area contributed by atoms with E-state index in [0.717, 1.165) is 4.88 Å². The zero-order chi connectivity index (χ0) is 12.3. The van der Waals surface area contributed by atoms with Gasteiger partial charge in [0, 0.05) is 15.5 Å². The molecule has 17 heavy (non-hydrogen) atoms. The lowest BCUT2D eigenvalue weighted by atomic mass is 9.97. The van der Waals surface area contributed by atoms with Gasteiger partial charge >= 0.3 is 0 Å². The number of benzene rings is 1. The van der Waals surface area contributed by atoms with Gasteiger partial charge in [0.1, 0.15) is 5.92 Å². The molecule has 0 N–H and O–H groups in total. The van der Waals surface area contributed by atoms with Crippen LogP contribution in [0.15, 0.2) is 41.8 Å². The molecule has 0 aliphatic rings. The average molecular weight is 262 g/mol. The standard InChI is InChI=1S/C13H8ClNOS/c14-10-4-1-3-9(7-10)13(16)11(8-15)12-5-2-6-17-12/h1-7,11H. The minimum Gasteiger partial charge on any atom is -0.292 e. The van der Waals surface area contributed by atoms with Gasteiger partial charge in [-0.05, 0) is 23.6 Å². The Kier molecular flexibility index (Phi) is 3.58. The molecule has 0 aliphatic heterocycles. The first-order valence-corrected chi connectivity index (χ1v) is 6.21. The molecule has 1 unspecified atom stereocenters. The van der Waals surface area contributed by atoms with E-state index in [1.165, 1.54) is 11.3 Å². The van der Waals surface area contributed by atoms with Crippen molar-refractivity contribution in [2.24, 2.45) is 0 Å². The van der Waals surface area contributed by atoms with E-state index in [1.54, 1.807) is 30.3 Å². The summed E-state index contributed by atoms with van der Waals surface area (Å²) < 4.78 is 0. The number of hydrogen-bond acceptors (Lipinski definition) is 3. The predicted octanol–water partition coefficient (Wildman–Crippen LogP) is 3.89. The van der Waals surface area contributed by atoms with Crippen LogP contribution in [0.3, 0.4) is 0 Å². The van der Waals surface area contributed by atoms with E-state index in [-0.39, 0.29) is 5.78 Å². The van der Waals surface area contributed by atoms with Crippen LogP contribution >= 0.6 is 22.9 Å². The van der Waals surface area contributed by atoms with Crippen molar-refractivity contribution in [3.8, 4) is 6.07 Å². The molecule has 0 aliphatic carbocycles. The highest BCUT2D eigenvalue weighted by Crippen LogP contribution is 2.25. The first-order chi connectivity index (χ1) is 8.22. The molecular formula is C13H8ClNOS. The number of thiophene rings is 1. The quantitative estimate of drug-likeness (QED) is 0.787. The van der Waals surface area contributed by atoms with Crippen molar-refractivity contribution < 1.29 is 4.79 Å². The van der Waals surface area contributed by atoms with E-state index in [9.17, 15) is 4.79 Å². The minimum absolute atomic E-state index is 0.211. The Morgan fingerprint density at radius 2 is 2.18 bits per heavy atom. The number of Topliss-reactive ketones (excluding diaryl/α,β-unsaturated/α-hetero) is 1. The Balaban J connectivity index is 2.34. The maximum Gasteiger partial charge on any atom is 0.185 e. The van der Waals surface area contributed by atoms with Gasteiger partial charge < -0.3 is 0 Å². The second-order valence-corrected chi connectivity index (χ2v) is 4.87. The van der Waals surface area contributed by atoms with Gasteiger partial charge in [0.25, 0.3) is 0 Å². The average Bonchev–Trinajstić information content (AvgIpc) is 2.83. The van der Waals surface area contributed by atoms with Crippen molar-refractivity contribution in [1.29, 1.82) is 5.26 Å². The number of ketones is 1. The van der Waals surface area contributed by atoms with Gasteiger partial charge in [0.05, 0.1) is 6.07 Å². The molecule has 2 rings (SSSR count). The van der Waals surface area contributed by atoms with Crippen molar-refractivity contribution in [1.82, 2.24) is 0 Å². The van der Waals surface area contributed by atoms with Crippen LogP contribution in [0.5, 0.6) is 0 Å². The first-order valence-electron chi connectivity index (χ1n) is 4.95. The van der Waals surface area contributed by atoms with Gasteiger partial charge in [0.15, 0.2) is 5.78 Å². The summed E-state index contributed by atoms with van der Waals surface area (Å²) in [6, 6.07) is 12.3. The Bertz CT molecular complexity index is 571. The molecule has 0 spiro atoms. The summed E-state index contributed by atoms with van der Waals surface area (Å²) in [6.45, 7) is 0. The van der Waals surface area contributed by atoms with Gasteiger partial charge in [-0.15, -0.1) is 11.3 Å². The second kappa shape index (κ2) is 5.13. The summed E-state index contributed by atoms with van der Waals surface area (Å²) in [7, 11) is 0. The number of nitrogens with zero attached hydrogens (tertiary/aromatic N) is 1. The molecule has 1 atom stereocenters. The van der Waals surface area contributed by atoms with Crippen molar-refractivity contribution in [3.63, 3.8) is 0 Å². The second-order valence-electron chi connectivity index (χ2n) is 3.45. The molecule has 2 aromatic rings. The zero-order valence-corrected chi connectivity index (χ0v) is 10.3. The Morgan fingerprint density at radius 1 is 1.35 bits per heavy atom. The summed E-state index contributed by atoms with van der Waals surface area (Å²) in [6.07, 6.45) is 0. The van der Waals surface area contributed by atoms with E-state index in [0.29, 0.717) is 10.6 Å². The topological polar surface area (TPSA) is 40.9 Å². The van der Waals surface area contributed by atoms with E-state index in [2.05, 4.69) is 0 Å². The van der Waals surface area contributed by atoms with Crippen molar-refractivity contribution in [2.45, 2.75) is 5.92 Å². The lowest BCUT2D eigenvalue weighted by Gasteiger charge is -2.06. The number of halogens is 1. The third kappa shape index (κ3) is 2.55. The summed E-state index contributed by atoms with van der Waals surface area (Å²) in [5.74, 6) is -0.953. The molecule has 4 heteroatoms. The fourth-order valence-corrected chi connectivity index (χ4v) is 2.47. The van der Waals surface area contributed by atoms with Crippen LogP contribution in [-0.2, 0) is 0 Å². The van der Waals surface area contributed by atoms with Gasteiger partial charge in [-0.25, -0.2) is 0 Å². The molecule has 1 aromatic carbocycles. The molecule has 84 valence electrons. The van der Waals surface area contributed by atoms with E-state index in [4.69, 9.17) is 16.9 Å². The van der Waals surface area contributed by atoms with Crippen LogP contribution in [-0.4, -0.2) is 5.78 Å². The third-order valence-electron chi connectivity index (χ3n) is 2.33. The first kappa shape index (κ1) is 11.8. The third-order valence-corrected chi connectivity index (χ3v) is 3.50. The SMILES string of the molecule is N#CC(C(=O)c1cccc(Cl)c1)c1cccs1. The molecule has 0 saturated heterocycles. The normalized spacial score (nSPS) is 11.8. The highest BCUT2D eigenvalue weighted by atomic mass is 35.5. The predicted molar refractivity (Wildman–Crippen MR) is 68.5 cm³/mol. The minimum atomic E-state index is -0.742. The van der Waals surface area contributed by atoms with Crippen LogP contribution in [0.25, 0.3) is 0 Å². The summed E-state index contributed by atoms with van der Waals surface area (Å²) >= 11 is 7.24. The highest BCUT2D eigenvalue weighted by Gasteiger charge is 2.22. The number of carbonyl (C=O) groups excluding carboxylic acids is 1. The zero-order valence-electron chi connectivity index (χ0n) is 8.76. The molecule has 1 aromatic heterocycles. The number of hydrogen-bond donors (Lipinski definition) is 0. The fourth-order valence-electron chi connectivity index (χ4n) is 1.52. The van der Waals surface area contributed by atoms with Crippen LogP contribution in [0, 0.1) is 11.3 Å². The van der Waals surface area contributed by atoms with Gasteiger partial charge in [-0.2, -0.15) is 5.26 Å². The Hall–Kier alpha value is -1.63. The maximum atomic E-state index is 12.2. The van der Waals surface area contributed by atoms with E-state index >= 15 is 0 Å². The maximum absolute atomic E-state index is 12.2. The van der Waals surface area contributed by atoms with E-state index in [1.807, 2.05) is 17.5 Å². The molecule has 2 nitrogen and oxygen atoms in total. The monoisotopic (exact) mass is 261 g/mol. The summed E-state index contributed by atoms with van der Waals surface area (Å²) in [5.41, 5.74) is 0.470. The van der Waals surface area contributed by atoms with Crippen LogP contribution in [0.4, 0.5) is 0 Å². The summed E-state index contributed by atoms with van der Waals surface area (Å²) in [4.78, 5) is 12.9. The lowest BCUT2D eigenvalue weighted by molar-refractivity contribution is 0.0980.